The summed E-state index contributed by atoms with van der Waals surface area (Å²) >= 11 is 0. The number of benzene rings is 1. The first kappa shape index (κ1) is 18.1. The number of hydrogen-bond donors (Lipinski definition) is 1. The van der Waals surface area contributed by atoms with Gasteiger partial charge in [0.1, 0.15) is 6.61 Å². The van der Waals surface area contributed by atoms with Crippen molar-refractivity contribution >= 4 is 27.5 Å². The van der Waals surface area contributed by atoms with Gasteiger partial charge in [-0.05, 0) is 38.1 Å². The Hall–Kier alpha value is -1.93. The lowest BCUT2D eigenvalue weighted by molar-refractivity contribution is -0.151. The number of nitrogens with one attached hydrogen (secondary N) is 1. The zero-order valence-corrected chi connectivity index (χ0v) is 13.5. The van der Waals surface area contributed by atoms with Crippen molar-refractivity contribution < 1.29 is 27.5 Å². The minimum absolute atomic E-state index is 0.203. The van der Waals surface area contributed by atoms with Crippen molar-refractivity contribution in [2.45, 2.75) is 20.0 Å². The predicted molar refractivity (Wildman–Crippen MR) is 81.3 cm³/mol. The molecule has 22 heavy (non-hydrogen) atoms. The van der Waals surface area contributed by atoms with Gasteiger partial charge in [-0.25, -0.2) is 13.2 Å². The summed E-state index contributed by atoms with van der Waals surface area (Å²) in [7, 11) is -3.37. The van der Waals surface area contributed by atoms with E-state index in [9.17, 15) is 18.0 Å². The number of ketones is 1. The van der Waals surface area contributed by atoms with Gasteiger partial charge in [0.15, 0.2) is 6.10 Å². The Morgan fingerprint density at radius 3 is 2.32 bits per heavy atom. The number of hydrogen-bond acceptors (Lipinski definition) is 6. The van der Waals surface area contributed by atoms with Crippen LogP contribution in [0.1, 0.15) is 24.2 Å². The van der Waals surface area contributed by atoms with Crippen molar-refractivity contribution in [1.29, 1.82) is 0 Å². The molecule has 0 aliphatic heterocycles. The van der Waals surface area contributed by atoms with Crippen LogP contribution in [0.25, 0.3) is 0 Å². The highest BCUT2D eigenvalue weighted by atomic mass is 32.2. The number of carbonyl (C=O) groups is 2. The zero-order chi connectivity index (χ0) is 16.8. The third-order valence-corrected chi connectivity index (χ3v) is 3.18. The van der Waals surface area contributed by atoms with Crippen LogP contribution in [0.3, 0.4) is 0 Å². The van der Waals surface area contributed by atoms with Crippen molar-refractivity contribution in [1.82, 2.24) is 0 Å². The number of esters is 1. The van der Waals surface area contributed by atoms with Gasteiger partial charge in [0, 0.05) is 17.9 Å². The van der Waals surface area contributed by atoms with Crippen LogP contribution in [-0.4, -0.2) is 45.7 Å². The maximum absolute atomic E-state index is 12.1. The summed E-state index contributed by atoms with van der Waals surface area (Å²) < 4.78 is 34.3. The molecule has 1 aromatic rings. The van der Waals surface area contributed by atoms with Gasteiger partial charge in [-0.2, -0.15) is 0 Å². The largest absolute Gasteiger partial charge is 0.453 e. The molecule has 0 saturated heterocycles. The molecule has 0 aliphatic rings. The highest BCUT2D eigenvalue weighted by Crippen LogP contribution is 2.13. The zero-order valence-electron chi connectivity index (χ0n) is 12.7. The highest BCUT2D eigenvalue weighted by molar-refractivity contribution is 7.92. The van der Waals surface area contributed by atoms with Crippen molar-refractivity contribution in [3.05, 3.63) is 29.8 Å². The Balaban J connectivity index is 2.67. The van der Waals surface area contributed by atoms with Crippen LogP contribution in [0, 0.1) is 0 Å². The maximum atomic E-state index is 12.1. The van der Waals surface area contributed by atoms with Crippen LogP contribution in [-0.2, 0) is 24.3 Å². The van der Waals surface area contributed by atoms with Gasteiger partial charge in [0.25, 0.3) is 0 Å². The van der Waals surface area contributed by atoms with Gasteiger partial charge in [0.2, 0.25) is 15.8 Å². The minimum Gasteiger partial charge on any atom is -0.453 e. The molecule has 0 radical (unpaired) electrons. The summed E-state index contributed by atoms with van der Waals surface area (Å²) in [6.07, 6.45) is 0.0908. The highest BCUT2D eigenvalue weighted by Gasteiger charge is 2.19. The van der Waals surface area contributed by atoms with Crippen molar-refractivity contribution in [3.8, 4) is 0 Å². The molecule has 0 heterocycles. The number of ether oxygens (including phenoxy) is 2. The fraction of sp³-hybridized carbons (Fsp3) is 0.429. The fourth-order valence-corrected chi connectivity index (χ4v) is 2.19. The summed E-state index contributed by atoms with van der Waals surface area (Å²) in [6, 6.07) is 5.84. The van der Waals surface area contributed by atoms with Gasteiger partial charge in [-0.15, -0.1) is 0 Å². The molecule has 1 rings (SSSR count). The van der Waals surface area contributed by atoms with Crippen LogP contribution < -0.4 is 4.72 Å². The number of carbonyl (C=O) groups excluding carboxylic acids is 2. The number of Topliss-reactive ketones (excluding diaryl/α,β-unsaturated/α-hetero) is 1. The Kier molecular flexibility index (Phi) is 6.51. The Labute approximate surface area is 129 Å². The Morgan fingerprint density at radius 2 is 1.82 bits per heavy atom. The third-order valence-electron chi connectivity index (χ3n) is 2.57. The van der Waals surface area contributed by atoms with Gasteiger partial charge < -0.3 is 9.47 Å². The van der Waals surface area contributed by atoms with E-state index in [1.54, 1.807) is 6.92 Å². The smallest absolute Gasteiger partial charge is 0.332 e. The molecule has 0 fully saturated rings. The van der Waals surface area contributed by atoms with E-state index in [2.05, 4.69) is 4.72 Å². The molecule has 1 aromatic carbocycles. The summed E-state index contributed by atoms with van der Waals surface area (Å²) in [5.74, 6) is -0.992. The molecular weight excluding hydrogens is 310 g/mol. The lowest BCUT2D eigenvalue weighted by atomic mass is 10.1. The molecule has 0 unspecified atom stereocenters. The second-order valence-electron chi connectivity index (χ2n) is 4.59. The van der Waals surface area contributed by atoms with Gasteiger partial charge in [0.05, 0.1) is 6.26 Å². The quantitative estimate of drug-likeness (QED) is 0.568. The first-order valence-electron chi connectivity index (χ1n) is 6.62. The molecule has 122 valence electrons. The second-order valence-corrected chi connectivity index (χ2v) is 6.33. The average molecular weight is 329 g/mol. The molecule has 0 amide bonds. The normalized spacial score (nSPS) is 12.5. The second kappa shape index (κ2) is 7.90. The summed E-state index contributed by atoms with van der Waals surface area (Å²) in [5.41, 5.74) is 0.663. The van der Waals surface area contributed by atoms with E-state index >= 15 is 0 Å². The van der Waals surface area contributed by atoms with Crippen LogP contribution in [0.15, 0.2) is 24.3 Å². The first-order chi connectivity index (χ1) is 10.2. The molecule has 7 nitrogen and oxygen atoms in total. The molecule has 0 saturated carbocycles. The molecule has 0 bridgehead atoms. The number of sulfonamides is 1. The van der Waals surface area contributed by atoms with E-state index < -0.39 is 22.1 Å². The van der Waals surface area contributed by atoms with E-state index in [-0.39, 0.29) is 12.4 Å². The molecule has 0 aliphatic carbocycles. The van der Waals surface area contributed by atoms with Crippen LogP contribution in [0.5, 0.6) is 0 Å². The fourth-order valence-electron chi connectivity index (χ4n) is 1.62. The van der Waals surface area contributed by atoms with Crippen molar-refractivity contribution in [2.75, 3.05) is 24.2 Å². The lowest BCUT2D eigenvalue weighted by Crippen LogP contribution is -2.26. The predicted octanol–water partition coefficient (Wildman–Crippen LogP) is 1.21. The van der Waals surface area contributed by atoms with Gasteiger partial charge in [-0.1, -0.05) is 0 Å². The van der Waals surface area contributed by atoms with Crippen LogP contribution in [0.4, 0.5) is 5.69 Å². The van der Waals surface area contributed by atoms with Crippen LogP contribution >= 0.6 is 0 Å². The van der Waals surface area contributed by atoms with E-state index in [1.807, 2.05) is 0 Å². The van der Waals surface area contributed by atoms with Crippen molar-refractivity contribution in [3.63, 3.8) is 0 Å². The molecule has 1 N–H and O–H groups in total. The molecule has 0 aromatic heterocycles. The van der Waals surface area contributed by atoms with Crippen LogP contribution in [0.2, 0.25) is 0 Å². The van der Waals surface area contributed by atoms with E-state index in [1.165, 1.54) is 31.2 Å². The molecule has 1 atom stereocenters. The van der Waals surface area contributed by atoms with Gasteiger partial charge >= 0.3 is 5.97 Å². The monoisotopic (exact) mass is 329 g/mol. The Morgan fingerprint density at radius 1 is 1.23 bits per heavy atom. The van der Waals surface area contributed by atoms with E-state index in [4.69, 9.17) is 9.47 Å². The van der Waals surface area contributed by atoms with Crippen molar-refractivity contribution in [2.24, 2.45) is 0 Å². The van der Waals surface area contributed by atoms with Gasteiger partial charge in [-0.3, -0.25) is 9.52 Å². The first-order valence-corrected chi connectivity index (χ1v) is 8.51. The SMILES string of the molecule is CCOCC(=O)O[C@@H](C)C(=O)c1ccc(NS(C)(=O)=O)cc1. The molecule has 8 heteroatoms. The minimum atomic E-state index is -3.37. The van der Waals surface area contributed by atoms with E-state index in [0.29, 0.717) is 17.9 Å². The summed E-state index contributed by atoms with van der Waals surface area (Å²) in [6.45, 7) is 3.39. The standard InChI is InChI=1S/C14H19NO6S/c1-4-20-9-13(16)21-10(2)14(17)11-5-7-12(8-6-11)15-22(3,18)19/h5-8,10,15H,4,9H2,1-3H3/t10-/m0/s1. The lowest BCUT2D eigenvalue weighted by Gasteiger charge is -2.12. The maximum Gasteiger partial charge on any atom is 0.332 e. The number of anilines is 1. The average Bonchev–Trinajstić information content (AvgIpc) is 2.43. The summed E-state index contributed by atoms with van der Waals surface area (Å²) in [4.78, 5) is 23.5. The van der Waals surface area contributed by atoms with E-state index in [0.717, 1.165) is 6.26 Å². The number of rotatable bonds is 8. The summed E-state index contributed by atoms with van der Waals surface area (Å²) in [5, 5.41) is 0. The third kappa shape index (κ3) is 6.23. The molecular formula is C14H19NO6S. The Bertz CT molecular complexity index is 623. The topological polar surface area (TPSA) is 98.8 Å². The molecule has 0 spiro atoms.